The van der Waals surface area contributed by atoms with E-state index in [2.05, 4.69) is 42.0 Å². The number of carbonyl (C=O) groups excluding carboxylic acids is 1. The summed E-state index contributed by atoms with van der Waals surface area (Å²) in [4.78, 5) is 11.6. The molecule has 0 aliphatic rings. The minimum Gasteiger partial charge on any atom is -0.350 e. The van der Waals surface area contributed by atoms with Gasteiger partial charge in [0.15, 0.2) is 0 Å². The molecule has 0 unspecified atom stereocenters. The predicted octanol–water partition coefficient (Wildman–Crippen LogP) is 2.85. The Morgan fingerprint density at radius 3 is 1.85 bits per heavy atom. The molecule has 1 N–H and O–H groups in total. The van der Waals surface area contributed by atoms with E-state index in [0.29, 0.717) is 0 Å². The second kappa shape index (κ2) is 4.45. The van der Waals surface area contributed by atoms with Gasteiger partial charge in [0.05, 0.1) is 4.32 Å². The maximum absolute atomic E-state index is 11.6. The summed E-state index contributed by atoms with van der Waals surface area (Å²) in [6.45, 7) is 9.96. The van der Waals surface area contributed by atoms with Crippen LogP contribution in [0.5, 0.6) is 0 Å². The van der Waals surface area contributed by atoms with E-state index in [4.69, 9.17) is 0 Å². The zero-order chi connectivity index (χ0) is 10.7. The lowest BCUT2D eigenvalue weighted by Crippen LogP contribution is -2.50. The molecule has 0 heterocycles. The van der Waals surface area contributed by atoms with E-state index < -0.39 is 4.32 Å². The highest BCUT2D eigenvalue weighted by Crippen LogP contribution is 2.20. The maximum Gasteiger partial charge on any atom is 0.236 e. The average Bonchev–Trinajstić information content (AvgIpc) is 2.02. The van der Waals surface area contributed by atoms with Crippen molar-refractivity contribution in [3.05, 3.63) is 0 Å². The van der Waals surface area contributed by atoms with Gasteiger partial charge in [0.1, 0.15) is 0 Å². The fourth-order valence-corrected chi connectivity index (χ4v) is 0.949. The van der Waals surface area contributed by atoms with Crippen LogP contribution in [0.15, 0.2) is 0 Å². The molecule has 0 saturated carbocycles. The van der Waals surface area contributed by atoms with Gasteiger partial charge in [0.25, 0.3) is 0 Å². The molecule has 1 amide bonds. The van der Waals surface area contributed by atoms with Crippen molar-refractivity contribution in [1.29, 1.82) is 0 Å². The third-order valence-electron chi connectivity index (χ3n) is 2.52. The summed E-state index contributed by atoms with van der Waals surface area (Å²) in [6.07, 6.45) is 1.91. The van der Waals surface area contributed by atoms with Crippen LogP contribution in [-0.4, -0.2) is 15.8 Å². The van der Waals surface area contributed by atoms with Crippen LogP contribution < -0.4 is 5.32 Å². The number of hydrogen-bond donors (Lipinski definition) is 1. The molecule has 2 nitrogen and oxygen atoms in total. The van der Waals surface area contributed by atoms with Crippen LogP contribution in [0.3, 0.4) is 0 Å². The van der Waals surface area contributed by atoms with Crippen molar-refractivity contribution in [3.63, 3.8) is 0 Å². The van der Waals surface area contributed by atoms with Gasteiger partial charge in [-0.25, -0.2) is 0 Å². The minimum atomic E-state index is -0.474. The molecule has 0 spiro atoms. The number of alkyl halides is 1. The molecule has 0 aromatic rings. The zero-order valence-electron chi connectivity index (χ0n) is 9.20. The molecule has 0 radical (unpaired) electrons. The maximum atomic E-state index is 11.6. The van der Waals surface area contributed by atoms with Gasteiger partial charge in [0, 0.05) is 5.54 Å². The van der Waals surface area contributed by atoms with E-state index >= 15 is 0 Å². The zero-order valence-corrected chi connectivity index (χ0v) is 10.8. The van der Waals surface area contributed by atoms with Crippen molar-refractivity contribution in [3.8, 4) is 0 Å². The van der Waals surface area contributed by atoms with E-state index in [9.17, 15) is 4.79 Å². The third-order valence-corrected chi connectivity index (χ3v) is 2.88. The molecule has 0 saturated heterocycles. The van der Waals surface area contributed by atoms with E-state index in [1.165, 1.54) is 0 Å². The Bertz CT molecular complexity index is 180. The van der Waals surface area contributed by atoms with E-state index in [-0.39, 0.29) is 11.4 Å². The van der Waals surface area contributed by atoms with Crippen molar-refractivity contribution >= 4 is 21.8 Å². The van der Waals surface area contributed by atoms with Crippen LogP contribution in [0, 0.1) is 0 Å². The highest BCUT2D eigenvalue weighted by atomic mass is 79.9. The Labute approximate surface area is 89.6 Å². The number of nitrogens with one attached hydrogen (secondary N) is 1. The topological polar surface area (TPSA) is 29.1 Å². The Morgan fingerprint density at radius 1 is 1.23 bits per heavy atom. The summed E-state index contributed by atoms with van der Waals surface area (Å²) in [7, 11) is 0. The lowest BCUT2D eigenvalue weighted by atomic mass is 9.95. The van der Waals surface area contributed by atoms with E-state index in [0.717, 1.165) is 12.8 Å². The largest absolute Gasteiger partial charge is 0.350 e. The molecule has 0 aromatic carbocycles. The number of rotatable bonds is 4. The van der Waals surface area contributed by atoms with Gasteiger partial charge in [-0.1, -0.05) is 29.8 Å². The van der Waals surface area contributed by atoms with Gasteiger partial charge in [-0.15, -0.1) is 0 Å². The molecule has 78 valence electrons. The van der Waals surface area contributed by atoms with Crippen LogP contribution in [-0.2, 0) is 4.79 Å². The van der Waals surface area contributed by atoms with Gasteiger partial charge in [-0.2, -0.15) is 0 Å². The summed E-state index contributed by atoms with van der Waals surface area (Å²) < 4.78 is -0.474. The average molecular weight is 250 g/mol. The number of carbonyl (C=O) groups is 1. The lowest BCUT2D eigenvalue weighted by Gasteiger charge is -2.31. The predicted molar refractivity (Wildman–Crippen MR) is 60.1 cm³/mol. The molecule has 0 atom stereocenters. The van der Waals surface area contributed by atoms with Crippen LogP contribution in [0.1, 0.15) is 47.5 Å². The smallest absolute Gasteiger partial charge is 0.236 e. The summed E-state index contributed by atoms with van der Waals surface area (Å²) in [6, 6.07) is 0. The molecule has 0 aromatic heterocycles. The lowest BCUT2D eigenvalue weighted by molar-refractivity contribution is -0.124. The Hall–Kier alpha value is -0.0500. The SMILES string of the molecule is CCC(C)(CC)NC(=O)C(C)(C)Br. The van der Waals surface area contributed by atoms with Gasteiger partial charge in [-0.05, 0) is 33.6 Å². The fraction of sp³-hybridized carbons (Fsp3) is 0.900. The van der Waals surface area contributed by atoms with Crippen molar-refractivity contribution in [1.82, 2.24) is 5.32 Å². The molecule has 0 aliphatic heterocycles. The van der Waals surface area contributed by atoms with Gasteiger partial charge >= 0.3 is 0 Å². The molecule has 0 aliphatic carbocycles. The molecule has 0 fully saturated rings. The van der Waals surface area contributed by atoms with Gasteiger partial charge in [0.2, 0.25) is 5.91 Å². The van der Waals surface area contributed by atoms with Crippen LogP contribution in [0.25, 0.3) is 0 Å². The Balaban J connectivity index is 4.35. The Kier molecular flexibility index (Phi) is 4.43. The molecule has 0 bridgehead atoms. The number of halogens is 1. The molecular weight excluding hydrogens is 230 g/mol. The highest BCUT2D eigenvalue weighted by molar-refractivity contribution is 9.10. The second-order valence-electron chi connectivity index (χ2n) is 4.19. The number of amides is 1. The molecule has 13 heavy (non-hydrogen) atoms. The second-order valence-corrected chi connectivity index (χ2v) is 6.18. The van der Waals surface area contributed by atoms with Gasteiger partial charge in [-0.3, -0.25) is 4.79 Å². The first kappa shape index (κ1) is 12.9. The monoisotopic (exact) mass is 249 g/mol. The van der Waals surface area contributed by atoms with Crippen molar-refractivity contribution in [2.75, 3.05) is 0 Å². The highest BCUT2D eigenvalue weighted by Gasteiger charge is 2.29. The summed E-state index contributed by atoms with van der Waals surface area (Å²) >= 11 is 3.34. The van der Waals surface area contributed by atoms with Crippen molar-refractivity contribution < 1.29 is 4.79 Å². The number of hydrogen-bond acceptors (Lipinski definition) is 1. The molecule has 3 heteroatoms. The molecule has 0 rings (SSSR count). The normalized spacial score (nSPS) is 12.8. The fourth-order valence-electron chi connectivity index (χ4n) is 0.849. The van der Waals surface area contributed by atoms with Crippen LogP contribution in [0.2, 0.25) is 0 Å². The van der Waals surface area contributed by atoms with Crippen molar-refractivity contribution in [2.24, 2.45) is 0 Å². The first-order valence-electron chi connectivity index (χ1n) is 4.76. The summed E-state index contributed by atoms with van der Waals surface area (Å²) in [5.41, 5.74) is -0.0673. The first-order valence-corrected chi connectivity index (χ1v) is 5.56. The van der Waals surface area contributed by atoms with Crippen LogP contribution in [0.4, 0.5) is 0 Å². The van der Waals surface area contributed by atoms with Gasteiger partial charge < -0.3 is 5.32 Å². The van der Waals surface area contributed by atoms with E-state index in [1.54, 1.807) is 0 Å². The quantitative estimate of drug-likeness (QED) is 0.764. The Morgan fingerprint density at radius 2 is 1.62 bits per heavy atom. The van der Waals surface area contributed by atoms with E-state index in [1.807, 2.05) is 13.8 Å². The van der Waals surface area contributed by atoms with Crippen molar-refractivity contribution in [2.45, 2.75) is 57.3 Å². The van der Waals surface area contributed by atoms with Crippen LogP contribution >= 0.6 is 15.9 Å². The third kappa shape index (κ3) is 4.12. The first-order chi connectivity index (χ1) is 5.75. The minimum absolute atomic E-state index is 0.0544. The molecular formula is C10H20BrNO. The standard InChI is InChI=1S/C10H20BrNO/c1-6-10(5,7-2)12-8(13)9(3,4)11/h6-7H2,1-5H3,(H,12,13). The summed E-state index contributed by atoms with van der Waals surface area (Å²) in [5, 5.41) is 3.05. The summed E-state index contributed by atoms with van der Waals surface area (Å²) in [5.74, 6) is 0.0544.